The topological polar surface area (TPSA) is 49.9 Å². The van der Waals surface area contributed by atoms with E-state index in [1.165, 1.54) is 29.2 Å². The molecule has 0 aliphatic carbocycles. The smallest absolute Gasteiger partial charge is 0.254 e. The number of carbonyl (C=O) groups is 2. The van der Waals surface area contributed by atoms with Gasteiger partial charge in [0, 0.05) is 37.2 Å². The molecule has 2 amide bonds. The van der Waals surface area contributed by atoms with Crippen LogP contribution in [0.5, 0.6) is 0 Å². The summed E-state index contributed by atoms with van der Waals surface area (Å²) in [6.07, 6.45) is 0.597. The third-order valence-corrected chi connectivity index (χ3v) is 6.36. The molecule has 0 saturated heterocycles. The number of aryl methyl sites for hydroxylation is 1. The Morgan fingerprint density at radius 2 is 1.70 bits per heavy atom. The molecule has 0 fully saturated rings. The molecule has 0 bridgehead atoms. The zero-order valence-electron chi connectivity index (χ0n) is 19.0. The lowest BCUT2D eigenvalue weighted by atomic mass is 10.1. The van der Waals surface area contributed by atoms with Gasteiger partial charge in [-0.05, 0) is 60.2 Å². The maximum absolute atomic E-state index is 13.5. The standard InChI is InChI=1S/C26H29FN2O3S/c1-20-13-16-33-24(20)18-29(17-21-7-4-3-5-8-21)25(30)19-28(14-6-15-32-2)26(31)22-9-11-23(27)12-10-22/h3-5,7-13,16H,6,14-15,17-19H2,1-2H3. The number of halogens is 1. The molecule has 174 valence electrons. The van der Waals surface area contributed by atoms with Crippen molar-refractivity contribution < 1.29 is 18.7 Å². The molecule has 0 spiro atoms. The van der Waals surface area contributed by atoms with E-state index in [1.807, 2.05) is 48.7 Å². The fraction of sp³-hybridized carbons (Fsp3) is 0.308. The van der Waals surface area contributed by atoms with Crippen molar-refractivity contribution in [1.29, 1.82) is 0 Å². The normalized spacial score (nSPS) is 10.8. The summed E-state index contributed by atoms with van der Waals surface area (Å²) in [5, 5.41) is 2.02. The predicted octanol–water partition coefficient (Wildman–Crippen LogP) is 4.90. The van der Waals surface area contributed by atoms with Gasteiger partial charge in [-0.1, -0.05) is 30.3 Å². The molecular weight excluding hydrogens is 439 g/mol. The van der Waals surface area contributed by atoms with Crippen LogP contribution in [0.2, 0.25) is 0 Å². The van der Waals surface area contributed by atoms with Crippen molar-refractivity contribution in [2.75, 3.05) is 26.8 Å². The number of thiophene rings is 1. The first-order chi connectivity index (χ1) is 16.0. The summed E-state index contributed by atoms with van der Waals surface area (Å²) in [5.74, 6) is -0.847. The Morgan fingerprint density at radius 1 is 0.970 bits per heavy atom. The lowest BCUT2D eigenvalue weighted by Crippen LogP contribution is -2.43. The first-order valence-electron chi connectivity index (χ1n) is 10.9. The fourth-order valence-corrected chi connectivity index (χ4v) is 4.39. The van der Waals surface area contributed by atoms with Crippen LogP contribution < -0.4 is 0 Å². The number of methoxy groups -OCH3 is 1. The zero-order valence-corrected chi connectivity index (χ0v) is 19.8. The number of rotatable bonds is 11. The Morgan fingerprint density at radius 3 is 2.33 bits per heavy atom. The van der Waals surface area contributed by atoms with Crippen molar-refractivity contribution in [2.24, 2.45) is 0 Å². The lowest BCUT2D eigenvalue weighted by molar-refractivity contribution is -0.133. The molecule has 5 nitrogen and oxygen atoms in total. The predicted molar refractivity (Wildman–Crippen MR) is 129 cm³/mol. The molecule has 3 rings (SSSR count). The maximum atomic E-state index is 13.5. The fourth-order valence-electron chi connectivity index (χ4n) is 3.47. The second-order valence-corrected chi connectivity index (χ2v) is 8.84. The van der Waals surface area contributed by atoms with Crippen molar-refractivity contribution >= 4 is 23.2 Å². The number of carbonyl (C=O) groups excluding carboxylic acids is 2. The number of benzene rings is 2. The van der Waals surface area contributed by atoms with Crippen molar-refractivity contribution in [3.8, 4) is 0 Å². The summed E-state index contributed by atoms with van der Waals surface area (Å²) in [5.41, 5.74) is 2.52. The Kier molecular flexibility index (Phi) is 9.15. The minimum atomic E-state index is -0.408. The number of hydrogen-bond donors (Lipinski definition) is 0. The molecule has 0 radical (unpaired) electrons. The van der Waals surface area contributed by atoms with Crippen LogP contribution in [0, 0.1) is 12.7 Å². The van der Waals surface area contributed by atoms with E-state index in [0.717, 1.165) is 16.0 Å². The van der Waals surface area contributed by atoms with E-state index < -0.39 is 5.82 Å². The molecule has 0 unspecified atom stereocenters. The molecule has 0 N–H and O–H groups in total. The van der Waals surface area contributed by atoms with Gasteiger partial charge in [-0.2, -0.15) is 0 Å². The van der Waals surface area contributed by atoms with E-state index in [4.69, 9.17) is 4.74 Å². The van der Waals surface area contributed by atoms with Crippen LogP contribution in [0.3, 0.4) is 0 Å². The van der Waals surface area contributed by atoms with Gasteiger partial charge >= 0.3 is 0 Å². The average Bonchev–Trinajstić information content (AvgIpc) is 3.23. The van der Waals surface area contributed by atoms with E-state index in [2.05, 4.69) is 0 Å². The average molecular weight is 469 g/mol. The second-order valence-electron chi connectivity index (χ2n) is 7.84. The number of nitrogens with zero attached hydrogens (tertiary/aromatic N) is 2. The Bertz CT molecular complexity index is 1040. The number of amides is 2. The number of ether oxygens (including phenoxy) is 1. The third kappa shape index (κ3) is 7.23. The van der Waals surface area contributed by atoms with Gasteiger partial charge in [-0.15, -0.1) is 11.3 Å². The van der Waals surface area contributed by atoms with E-state index in [0.29, 0.717) is 38.2 Å². The monoisotopic (exact) mass is 468 g/mol. The second kappa shape index (κ2) is 12.3. The number of hydrogen-bond acceptors (Lipinski definition) is 4. The summed E-state index contributed by atoms with van der Waals surface area (Å²) in [7, 11) is 1.60. The lowest BCUT2D eigenvalue weighted by Gasteiger charge is -2.28. The Labute approximate surface area is 198 Å². The molecule has 0 aliphatic rings. The van der Waals surface area contributed by atoms with Crippen LogP contribution in [0.25, 0.3) is 0 Å². The molecule has 1 aromatic heterocycles. The molecule has 3 aromatic rings. The molecule has 1 heterocycles. The molecule has 0 aliphatic heterocycles. The van der Waals surface area contributed by atoms with E-state index >= 15 is 0 Å². The van der Waals surface area contributed by atoms with Crippen molar-refractivity contribution in [3.63, 3.8) is 0 Å². The van der Waals surface area contributed by atoms with Gasteiger partial charge in [0.25, 0.3) is 5.91 Å². The highest BCUT2D eigenvalue weighted by Gasteiger charge is 2.23. The molecule has 0 atom stereocenters. The first kappa shape index (κ1) is 24.6. The molecular formula is C26H29FN2O3S. The zero-order chi connectivity index (χ0) is 23.6. The quantitative estimate of drug-likeness (QED) is 0.376. The summed E-state index contributed by atoms with van der Waals surface area (Å²) in [4.78, 5) is 31.0. The molecule has 33 heavy (non-hydrogen) atoms. The van der Waals surface area contributed by atoms with E-state index in [9.17, 15) is 14.0 Å². The van der Waals surface area contributed by atoms with Gasteiger partial charge in [0.2, 0.25) is 5.91 Å². The van der Waals surface area contributed by atoms with E-state index in [-0.39, 0.29) is 18.4 Å². The van der Waals surface area contributed by atoms with Crippen LogP contribution in [-0.2, 0) is 22.6 Å². The van der Waals surface area contributed by atoms with Gasteiger partial charge in [-0.3, -0.25) is 9.59 Å². The van der Waals surface area contributed by atoms with Crippen molar-refractivity contribution in [1.82, 2.24) is 9.80 Å². The highest BCUT2D eigenvalue weighted by molar-refractivity contribution is 7.10. The third-order valence-electron chi connectivity index (χ3n) is 5.35. The van der Waals surface area contributed by atoms with Gasteiger partial charge in [0.15, 0.2) is 0 Å². The van der Waals surface area contributed by atoms with Crippen LogP contribution in [0.4, 0.5) is 4.39 Å². The minimum absolute atomic E-state index is 0.0584. The maximum Gasteiger partial charge on any atom is 0.254 e. The molecule has 7 heteroatoms. The van der Waals surface area contributed by atoms with Gasteiger partial charge in [-0.25, -0.2) is 4.39 Å². The van der Waals surface area contributed by atoms with Crippen LogP contribution >= 0.6 is 11.3 Å². The van der Waals surface area contributed by atoms with Gasteiger partial charge in [0.1, 0.15) is 12.4 Å². The molecule has 0 saturated carbocycles. The Hall–Kier alpha value is -3.03. The highest BCUT2D eigenvalue weighted by Crippen LogP contribution is 2.20. The highest BCUT2D eigenvalue weighted by atomic mass is 32.1. The summed E-state index contributed by atoms with van der Waals surface area (Å²) in [6.45, 7) is 3.75. The summed E-state index contributed by atoms with van der Waals surface area (Å²) in [6, 6.07) is 17.3. The largest absolute Gasteiger partial charge is 0.385 e. The van der Waals surface area contributed by atoms with Crippen LogP contribution in [-0.4, -0.2) is 48.4 Å². The molecule has 2 aromatic carbocycles. The van der Waals surface area contributed by atoms with E-state index in [1.54, 1.807) is 23.3 Å². The van der Waals surface area contributed by atoms with Gasteiger partial charge < -0.3 is 14.5 Å². The Balaban J connectivity index is 1.80. The van der Waals surface area contributed by atoms with Crippen LogP contribution in [0.15, 0.2) is 66.0 Å². The summed E-state index contributed by atoms with van der Waals surface area (Å²) >= 11 is 1.62. The summed E-state index contributed by atoms with van der Waals surface area (Å²) < 4.78 is 18.5. The SMILES string of the molecule is COCCCN(CC(=O)N(Cc1ccccc1)Cc1sccc1C)C(=O)c1ccc(F)cc1. The van der Waals surface area contributed by atoms with Crippen LogP contribution in [0.1, 0.15) is 32.8 Å². The van der Waals surface area contributed by atoms with Crippen molar-refractivity contribution in [2.45, 2.75) is 26.4 Å². The van der Waals surface area contributed by atoms with Crippen molar-refractivity contribution in [3.05, 3.63) is 93.4 Å². The van der Waals surface area contributed by atoms with Gasteiger partial charge in [0.05, 0.1) is 6.54 Å². The first-order valence-corrected chi connectivity index (χ1v) is 11.7. The minimum Gasteiger partial charge on any atom is -0.385 e.